The third-order valence-electron chi connectivity index (χ3n) is 3.54. The standard InChI is InChI=1S/C13H19N3O2/c1-9-4-6-16(8-11(9)14)13(17)10-3-5-15-7-12(10)18-2/h3,5,7,9,11H,4,6,8,14H2,1-2H3. The summed E-state index contributed by atoms with van der Waals surface area (Å²) in [5.74, 6) is 0.944. The van der Waals surface area contributed by atoms with Crippen LogP contribution < -0.4 is 10.5 Å². The Morgan fingerprint density at radius 1 is 1.61 bits per heavy atom. The quantitative estimate of drug-likeness (QED) is 0.845. The van der Waals surface area contributed by atoms with Crippen LogP contribution in [0.25, 0.3) is 0 Å². The molecule has 0 spiro atoms. The van der Waals surface area contributed by atoms with Crippen LogP contribution in [-0.2, 0) is 0 Å². The minimum atomic E-state index is -0.0309. The van der Waals surface area contributed by atoms with E-state index in [0.717, 1.165) is 13.0 Å². The molecule has 1 aromatic rings. The maximum Gasteiger partial charge on any atom is 0.257 e. The zero-order valence-corrected chi connectivity index (χ0v) is 10.8. The van der Waals surface area contributed by atoms with Gasteiger partial charge >= 0.3 is 0 Å². The van der Waals surface area contributed by atoms with Crippen molar-refractivity contribution in [3.05, 3.63) is 24.0 Å². The molecule has 18 heavy (non-hydrogen) atoms. The van der Waals surface area contributed by atoms with E-state index >= 15 is 0 Å². The van der Waals surface area contributed by atoms with Crippen LogP contribution in [0.1, 0.15) is 23.7 Å². The van der Waals surface area contributed by atoms with Gasteiger partial charge in [-0.05, 0) is 18.4 Å². The topological polar surface area (TPSA) is 68.5 Å². The van der Waals surface area contributed by atoms with Gasteiger partial charge in [0, 0.05) is 25.3 Å². The number of hydrogen-bond donors (Lipinski definition) is 1. The molecule has 0 saturated carbocycles. The molecule has 1 aliphatic rings. The maximum absolute atomic E-state index is 12.4. The average molecular weight is 249 g/mol. The molecule has 0 aliphatic carbocycles. The van der Waals surface area contributed by atoms with E-state index in [9.17, 15) is 4.79 Å². The Balaban J connectivity index is 2.16. The van der Waals surface area contributed by atoms with Crippen molar-refractivity contribution in [2.75, 3.05) is 20.2 Å². The molecule has 5 heteroatoms. The molecule has 1 aromatic heterocycles. The molecule has 0 aromatic carbocycles. The number of piperidine rings is 1. The summed E-state index contributed by atoms with van der Waals surface area (Å²) in [4.78, 5) is 18.1. The summed E-state index contributed by atoms with van der Waals surface area (Å²) in [6.45, 7) is 3.48. The smallest absolute Gasteiger partial charge is 0.257 e. The normalized spacial score (nSPS) is 23.8. The third-order valence-corrected chi connectivity index (χ3v) is 3.54. The van der Waals surface area contributed by atoms with Crippen molar-refractivity contribution in [1.82, 2.24) is 9.88 Å². The number of aromatic nitrogens is 1. The van der Waals surface area contributed by atoms with E-state index < -0.39 is 0 Å². The molecule has 2 unspecified atom stereocenters. The molecule has 0 radical (unpaired) electrons. The second kappa shape index (κ2) is 5.35. The van der Waals surface area contributed by atoms with Gasteiger partial charge in [0.1, 0.15) is 5.75 Å². The molecule has 2 N–H and O–H groups in total. The first kappa shape index (κ1) is 12.8. The summed E-state index contributed by atoms with van der Waals surface area (Å²) in [5.41, 5.74) is 6.57. The maximum atomic E-state index is 12.4. The van der Waals surface area contributed by atoms with Gasteiger partial charge in [-0.1, -0.05) is 6.92 Å². The van der Waals surface area contributed by atoms with Gasteiger partial charge in [-0.3, -0.25) is 9.78 Å². The number of pyridine rings is 1. The number of amides is 1. The van der Waals surface area contributed by atoms with Crippen molar-refractivity contribution in [2.24, 2.45) is 11.7 Å². The van der Waals surface area contributed by atoms with Gasteiger partial charge in [0.15, 0.2) is 0 Å². The van der Waals surface area contributed by atoms with E-state index in [1.165, 1.54) is 7.11 Å². The van der Waals surface area contributed by atoms with Crippen molar-refractivity contribution < 1.29 is 9.53 Å². The first-order chi connectivity index (χ1) is 8.63. The van der Waals surface area contributed by atoms with E-state index in [0.29, 0.717) is 23.8 Å². The lowest BCUT2D eigenvalue weighted by Gasteiger charge is -2.35. The van der Waals surface area contributed by atoms with E-state index in [1.807, 2.05) is 0 Å². The summed E-state index contributed by atoms with van der Waals surface area (Å²) < 4.78 is 5.16. The zero-order valence-electron chi connectivity index (χ0n) is 10.8. The van der Waals surface area contributed by atoms with Crippen molar-refractivity contribution in [2.45, 2.75) is 19.4 Å². The largest absolute Gasteiger partial charge is 0.494 e. The summed E-state index contributed by atoms with van der Waals surface area (Å²) in [6.07, 6.45) is 4.10. The molecule has 98 valence electrons. The van der Waals surface area contributed by atoms with Crippen LogP contribution in [0.2, 0.25) is 0 Å². The fraction of sp³-hybridized carbons (Fsp3) is 0.538. The highest BCUT2D eigenvalue weighted by Gasteiger charge is 2.28. The molecule has 2 heterocycles. The van der Waals surface area contributed by atoms with Crippen molar-refractivity contribution in [3.8, 4) is 5.75 Å². The fourth-order valence-corrected chi connectivity index (χ4v) is 2.17. The Morgan fingerprint density at radius 2 is 2.39 bits per heavy atom. The number of ether oxygens (including phenoxy) is 1. The van der Waals surface area contributed by atoms with Crippen molar-refractivity contribution in [1.29, 1.82) is 0 Å². The number of methoxy groups -OCH3 is 1. The Kier molecular flexibility index (Phi) is 3.81. The fourth-order valence-electron chi connectivity index (χ4n) is 2.17. The summed E-state index contributed by atoms with van der Waals surface area (Å²) >= 11 is 0. The zero-order chi connectivity index (χ0) is 13.1. The van der Waals surface area contributed by atoms with Gasteiger partial charge in [0.05, 0.1) is 18.9 Å². The van der Waals surface area contributed by atoms with E-state index in [-0.39, 0.29) is 11.9 Å². The molecular formula is C13H19N3O2. The van der Waals surface area contributed by atoms with Crippen LogP contribution in [0.4, 0.5) is 0 Å². The van der Waals surface area contributed by atoms with Gasteiger partial charge < -0.3 is 15.4 Å². The lowest BCUT2D eigenvalue weighted by atomic mass is 9.94. The lowest BCUT2D eigenvalue weighted by molar-refractivity contribution is 0.0669. The second-order valence-corrected chi connectivity index (χ2v) is 4.76. The van der Waals surface area contributed by atoms with Crippen molar-refractivity contribution in [3.63, 3.8) is 0 Å². The predicted molar refractivity (Wildman–Crippen MR) is 68.4 cm³/mol. The van der Waals surface area contributed by atoms with E-state index in [2.05, 4.69) is 11.9 Å². The summed E-state index contributed by atoms with van der Waals surface area (Å²) in [6, 6.07) is 1.74. The lowest BCUT2D eigenvalue weighted by Crippen LogP contribution is -2.49. The number of carbonyl (C=O) groups excluding carboxylic acids is 1. The number of nitrogens with two attached hydrogens (primary N) is 1. The molecule has 2 atom stereocenters. The number of carbonyl (C=O) groups is 1. The Morgan fingerprint density at radius 3 is 3.06 bits per heavy atom. The SMILES string of the molecule is COc1cnccc1C(=O)N1CCC(C)C(N)C1. The summed E-state index contributed by atoms with van der Waals surface area (Å²) in [5, 5.41) is 0. The molecular weight excluding hydrogens is 230 g/mol. The van der Waals surface area contributed by atoms with Crippen LogP contribution in [0.5, 0.6) is 5.75 Å². The van der Waals surface area contributed by atoms with Gasteiger partial charge in [0.25, 0.3) is 5.91 Å². The van der Waals surface area contributed by atoms with E-state index in [1.54, 1.807) is 23.4 Å². The van der Waals surface area contributed by atoms with Gasteiger partial charge in [-0.25, -0.2) is 0 Å². The number of likely N-dealkylation sites (tertiary alicyclic amines) is 1. The highest BCUT2D eigenvalue weighted by atomic mass is 16.5. The van der Waals surface area contributed by atoms with Crippen LogP contribution >= 0.6 is 0 Å². The van der Waals surface area contributed by atoms with Gasteiger partial charge in [-0.2, -0.15) is 0 Å². The Labute approximate surface area is 107 Å². The molecule has 1 aliphatic heterocycles. The number of nitrogens with zero attached hydrogens (tertiary/aromatic N) is 2. The van der Waals surface area contributed by atoms with Crippen molar-refractivity contribution >= 4 is 5.91 Å². The highest BCUT2D eigenvalue weighted by molar-refractivity contribution is 5.96. The number of hydrogen-bond acceptors (Lipinski definition) is 4. The molecule has 2 rings (SSSR count). The predicted octanol–water partition coefficient (Wildman–Crippen LogP) is 0.900. The molecule has 0 bridgehead atoms. The molecule has 1 saturated heterocycles. The number of rotatable bonds is 2. The second-order valence-electron chi connectivity index (χ2n) is 4.76. The first-order valence-corrected chi connectivity index (χ1v) is 6.16. The Bertz CT molecular complexity index is 436. The van der Waals surface area contributed by atoms with Crippen LogP contribution in [0, 0.1) is 5.92 Å². The Hall–Kier alpha value is -1.62. The minimum Gasteiger partial charge on any atom is -0.494 e. The molecule has 1 amide bonds. The van der Waals surface area contributed by atoms with Crippen LogP contribution in [-0.4, -0.2) is 42.0 Å². The molecule has 5 nitrogen and oxygen atoms in total. The average Bonchev–Trinajstić information content (AvgIpc) is 2.41. The van der Waals surface area contributed by atoms with Gasteiger partial charge in [-0.15, -0.1) is 0 Å². The summed E-state index contributed by atoms with van der Waals surface area (Å²) in [7, 11) is 1.54. The van der Waals surface area contributed by atoms with Crippen LogP contribution in [0.15, 0.2) is 18.5 Å². The van der Waals surface area contributed by atoms with E-state index in [4.69, 9.17) is 10.5 Å². The monoisotopic (exact) mass is 249 g/mol. The van der Waals surface area contributed by atoms with Gasteiger partial charge in [0.2, 0.25) is 0 Å². The third kappa shape index (κ3) is 2.46. The minimum absolute atomic E-state index is 0.0309. The highest BCUT2D eigenvalue weighted by Crippen LogP contribution is 2.22. The first-order valence-electron chi connectivity index (χ1n) is 6.16. The molecule has 1 fully saturated rings. The van der Waals surface area contributed by atoms with Crippen LogP contribution in [0.3, 0.4) is 0 Å².